The summed E-state index contributed by atoms with van der Waals surface area (Å²) in [5.74, 6) is -0.268. The van der Waals surface area contributed by atoms with Gasteiger partial charge in [0.15, 0.2) is 11.6 Å². The number of rotatable bonds is 4. The highest BCUT2D eigenvalue weighted by atomic mass is 16.1. The molecular weight excluding hydrogens is 286 g/mol. The predicted octanol–water partition coefficient (Wildman–Crippen LogP) is 3.79. The molecule has 1 aliphatic rings. The van der Waals surface area contributed by atoms with Crippen molar-refractivity contribution in [2.45, 2.75) is 19.4 Å². The van der Waals surface area contributed by atoms with Gasteiger partial charge in [-0.2, -0.15) is 0 Å². The van der Waals surface area contributed by atoms with Gasteiger partial charge in [-0.25, -0.2) is 0 Å². The Morgan fingerprint density at radius 2 is 1.61 bits per heavy atom. The molecule has 0 fully saturated rings. The molecule has 0 aliphatic carbocycles. The second-order valence-corrected chi connectivity index (χ2v) is 5.74. The van der Waals surface area contributed by atoms with Gasteiger partial charge in [-0.1, -0.05) is 60.7 Å². The van der Waals surface area contributed by atoms with Crippen LogP contribution in [0, 0.1) is 0 Å². The summed E-state index contributed by atoms with van der Waals surface area (Å²) in [4.78, 5) is 26.9. The Morgan fingerprint density at radius 3 is 2.26 bits per heavy atom. The summed E-state index contributed by atoms with van der Waals surface area (Å²) < 4.78 is 0. The van der Waals surface area contributed by atoms with E-state index in [1.165, 1.54) is 5.56 Å². The van der Waals surface area contributed by atoms with Crippen molar-refractivity contribution in [2.75, 3.05) is 6.54 Å². The van der Waals surface area contributed by atoms with Crippen molar-refractivity contribution in [3.63, 3.8) is 0 Å². The highest BCUT2D eigenvalue weighted by Crippen LogP contribution is 2.25. The zero-order valence-electron chi connectivity index (χ0n) is 13.1. The molecule has 116 valence electrons. The normalized spacial score (nSPS) is 16.0. The van der Waals surface area contributed by atoms with Crippen LogP contribution < -0.4 is 0 Å². The summed E-state index contributed by atoms with van der Waals surface area (Å²) in [6.45, 7) is 2.73. The van der Waals surface area contributed by atoms with E-state index in [9.17, 15) is 9.59 Å². The molecule has 0 N–H and O–H groups in total. The molecule has 0 amide bonds. The van der Waals surface area contributed by atoms with Crippen molar-refractivity contribution >= 4 is 11.6 Å². The monoisotopic (exact) mass is 305 g/mol. The molecule has 0 unspecified atom stereocenters. The smallest absolute Gasteiger partial charge is 0.198 e. The fourth-order valence-corrected chi connectivity index (χ4v) is 2.83. The van der Waals surface area contributed by atoms with E-state index in [0.717, 1.165) is 0 Å². The number of hydrogen-bond donors (Lipinski definition) is 0. The SMILES string of the molecule is C[C@@H](c1ccccc1)N1C=C(C(=O)c2ccccc2)C(=O)CC1. The van der Waals surface area contributed by atoms with Gasteiger partial charge in [0.05, 0.1) is 11.6 Å². The quantitative estimate of drug-likeness (QED) is 0.637. The summed E-state index contributed by atoms with van der Waals surface area (Å²) in [6.07, 6.45) is 2.11. The highest BCUT2D eigenvalue weighted by Gasteiger charge is 2.27. The average Bonchev–Trinajstić information content (AvgIpc) is 2.62. The third-order valence-electron chi connectivity index (χ3n) is 4.25. The molecule has 2 aromatic rings. The van der Waals surface area contributed by atoms with Crippen molar-refractivity contribution in [3.05, 3.63) is 83.6 Å². The minimum atomic E-state index is -0.194. The van der Waals surface area contributed by atoms with Gasteiger partial charge in [0.1, 0.15) is 0 Å². The van der Waals surface area contributed by atoms with Crippen LogP contribution in [0.1, 0.15) is 35.3 Å². The fourth-order valence-electron chi connectivity index (χ4n) is 2.83. The van der Waals surface area contributed by atoms with E-state index in [1.54, 1.807) is 18.3 Å². The minimum Gasteiger partial charge on any atom is -0.369 e. The van der Waals surface area contributed by atoms with E-state index in [0.29, 0.717) is 18.5 Å². The molecule has 1 heterocycles. The number of carbonyl (C=O) groups excluding carboxylic acids is 2. The molecule has 2 aromatic carbocycles. The third-order valence-corrected chi connectivity index (χ3v) is 4.25. The van der Waals surface area contributed by atoms with E-state index in [1.807, 2.05) is 36.4 Å². The van der Waals surface area contributed by atoms with Crippen LogP contribution in [0.5, 0.6) is 0 Å². The standard InChI is InChI=1S/C20H19NO2/c1-15(16-8-4-2-5-9-16)21-13-12-19(22)18(14-21)20(23)17-10-6-3-7-11-17/h2-11,14-15H,12-13H2,1H3/t15-/m0/s1. The Hall–Kier alpha value is -2.68. The van der Waals surface area contributed by atoms with Crippen LogP contribution in [0.3, 0.4) is 0 Å². The second-order valence-electron chi connectivity index (χ2n) is 5.74. The van der Waals surface area contributed by atoms with Crippen molar-refractivity contribution in [2.24, 2.45) is 0 Å². The molecule has 3 heteroatoms. The third kappa shape index (κ3) is 3.24. The van der Waals surface area contributed by atoms with Crippen LogP contribution in [0.25, 0.3) is 0 Å². The maximum Gasteiger partial charge on any atom is 0.198 e. The summed E-state index contributed by atoms with van der Waals surface area (Å²) in [5, 5.41) is 0. The average molecular weight is 305 g/mol. The first-order chi connectivity index (χ1) is 11.2. The number of allylic oxidation sites excluding steroid dienone is 1. The molecule has 0 bridgehead atoms. The number of benzene rings is 2. The second kappa shape index (κ2) is 6.61. The molecule has 0 aromatic heterocycles. The number of carbonyl (C=O) groups is 2. The number of nitrogens with zero attached hydrogens (tertiary/aromatic N) is 1. The van der Waals surface area contributed by atoms with Crippen LogP contribution in [0.15, 0.2) is 72.4 Å². The van der Waals surface area contributed by atoms with Gasteiger partial charge in [-0.15, -0.1) is 0 Å². The Kier molecular flexibility index (Phi) is 4.38. The molecule has 3 nitrogen and oxygen atoms in total. The molecule has 0 saturated carbocycles. The van der Waals surface area contributed by atoms with E-state index in [2.05, 4.69) is 24.0 Å². The lowest BCUT2D eigenvalue weighted by molar-refractivity contribution is -0.116. The highest BCUT2D eigenvalue weighted by molar-refractivity contribution is 6.26. The van der Waals surface area contributed by atoms with Crippen molar-refractivity contribution in [1.29, 1.82) is 0 Å². The Bertz CT molecular complexity index is 735. The lowest BCUT2D eigenvalue weighted by Gasteiger charge is -2.31. The van der Waals surface area contributed by atoms with E-state index in [-0.39, 0.29) is 23.2 Å². The summed E-state index contributed by atoms with van der Waals surface area (Å²) >= 11 is 0. The Labute approximate surface area is 136 Å². The number of hydrogen-bond acceptors (Lipinski definition) is 3. The molecule has 0 spiro atoms. The molecule has 23 heavy (non-hydrogen) atoms. The lowest BCUT2D eigenvalue weighted by atomic mass is 9.95. The molecular formula is C20H19NO2. The maximum absolute atomic E-state index is 12.6. The first-order valence-corrected chi connectivity index (χ1v) is 7.82. The van der Waals surface area contributed by atoms with E-state index in [4.69, 9.17) is 0 Å². The van der Waals surface area contributed by atoms with Gasteiger partial charge >= 0.3 is 0 Å². The van der Waals surface area contributed by atoms with Gasteiger partial charge in [-0.05, 0) is 12.5 Å². The minimum absolute atomic E-state index is 0.0737. The number of ketones is 2. The van der Waals surface area contributed by atoms with E-state index >= 15 is 0 Å². The predicted molar refractivity (Wildman–Crippen MR) is 90.0 cm³/mol. The lowest BCUT2D eigenvalue weighted by Crippen LogP contribution is -2.32. The first-order valence-electron chi connectivity index (χ1n) is 7.82. The van der Waals surface area contributed by atoms with Crippen molar-refractivity contribution in [1.82, 2.24) is 4.90 Å². The molecule has 0 radical (unpaired) electrons. The first kappa shape index (κ1) is 15.2. The Balaban J connectivity index is 1.88. The summed E-state index contributed by atoms with van der Waals surface area (Å²) in [7, 11) is 0. The van der Waals surface area contributed by atoms with Gasteiger partial charge in [0, 0.05) is 24.7 Å². The van der Waals surface area contributed by atoms with Gasteiger partial charge < -0.3 is 4.90 Å². The summed E-state index contributed by atoms with van der Waals surface area (Å²) in [5.41, 5.74) is 2.01. The Morgan fingerprint density at radius 1 is 1.00 bits per heavy atom. The largest absolute Gasteiger partial charge is 0.369 e. The van der Waals surface area contributed by atoms with Crippen LogP contribution in [-0.2, 0) is 4.79 Å². The van der Waals surface area contributed by atoms with Crippen LogP contribution in [0.2, 0.25) is 0 Å². The number of Topliss-reactive ketones (excluding diaryl/α,β-unsaturated/α-hetero) is 2. The molecule has 1 atom stereocenters. The zero-order chi connectivity index (χ0) is 16.2. The fraction of sp³-hybridized carbons (Fsp3) is 0.200. The molecule has 1 aliphatic heterocycles. The van der Waals surface area contributed by atoms with Gasteiger partial charge in [0.2, 0.25) is 0 Å². The molecule has 0 saturated heterocycles. The van der Waals surface area contributed by atoms with Crippen molar-refractivity contribution < 1.29 is 9.59 Å². The van der Waals surface area contributed by atoms with Gasteiger partial charge in [-0.3, -0.25) is 9.59 Å². The topological polar surface area (TPSA) is 37.4 Å². The van der Waals surface area contributed by atoms with Crippen LogP contribution in [-0.4, -0.2) is 23.0 Å². The van der Waals surface area contributed by atoms with Gasteiger partial charge in [0.25, 0.3) is 0 Å². The van der Waals surface area contributed by atoms with E-state index < -0.39 is 0 Å². The summed E-state index contributed by atoms with van der Waals surface area (Å²) in [6, 6.07) is 19.2. The van der Waals surface area contributed by atoms with Crippen LogP contribution in [0.4, 0.5) is 0 Å². The maximum atomic E-state index is 12.6. The molecule has 3 rings (SSSR count). The van der Waals surface area contributed by atoms with Crippen molar-refractivity contribution in [3.8, 4) is 0 Å². The zero-order valence-corrected chi connectivity index (χ0v) is 13.1. The van der Waals surface area contributed by atoms with Crippen LogP contribution >= 0.6 is 0 Å².